The van der Waals surface area contributed by atoms with E-state index in [4.69, 9.17) is 26.8 Å². The molecule has 1 aromatic rings. The van der Waals surface area contributed by atoms with Crippen LogP contribution in [0.4, 0.5) is 0 Å². The van der Waals surface area contributed by atoms with Gasteiger partial charge in [0, 0.05) is 5.92 Å². The lowest BCUT2D eigenvalue weighted by atomic mass is 9.93. The molecule has 0 amide bonds. The van der Waals surface area contributed by atoms with Crippen LogP contribution in [-0.4, -0.2) is 32.0 Å². The molecule has 0 bridgehead atoms. The number of methoxy groups -OCH3 is 2. The van der Waals surface area contributed by atoms with Crippen molar-refractivity contribution >= 4 is 11.6 Å². The van der Waals surface area contributed by atoms with E-state index >= 15 is 0 Å². The van der Waals surface area contributed by atoms with Crippen molar-refractivity contribution in [1.29, 1.82) is 0 Å². The lowest BCUT2D eigenvalue weighted by molar-refractivity contribution is 0.175. The van der Waals surface area contributed by atoms with Gasteiger partial charge in [0.15, 0.2) is 11.5 Å². The second kappa shape index (κ2) is 6.83. The minimum atomic E-state index is -0.428. The standard InChI is InChI=1S/C13H20ClNO3/c1-8(16)6-9(7-15)10-4-5-11(17-2)13(18-3)12(10)14/h4-5,8-9,16H,6-7,15H2,1-3H3. The monoisotopic (exact) mass is 273 g/mol. The van der Waals surface area contributed by atoms with Crippen LogP contribution in [0, 0.1) is 0 Å². The first kappa shape index (κ1) is 15.1. The van der Waals surface area contributed by atoms with Crippen LogP contribution in [-0.2, 0) is 0 Å². The van der Waals surface area contributed by atoms with Crippen LogP contribution < -0.4 is 15.2 Å². The number of hydrogen-bond acceptors (Lipinski definition) is 4. The van der Waals surface area contributed by atoms with Crippen LogP contribution in [0.15, 0.2) is 12.1 Å². The van der Waals surface area contributed by atoms with Gasteiger partial charge in [0.05, 0.1) is 25.3 Å². The summed E-state index contributed by atoms with van der Waals surface area (Å²) in [6.07, 6.45) is 0.133. The van der Waals surface area contributed by atoms with Crippen LogP contribution in [0.5, 0.6) is 11.5 Å². The van der Waals surface area contributed by atoms with Crippen LogP contribution >= 0.6 is 11.6 Å². The molecule has 0 fully saturated rings. The number of aliphatic hydroxyl groups is 1. The maximum atomic E-state index is 9.48. The summed E-state index contributed by atoms with van der Waals surface area (Å²) in [6, 6.07) is 3.66. The molecule has 0 spiro atoms. The number of halogens is 1. The van der Waals surface area contributed by atoms with Crippen LogP contribution in [0.2, 0.25) is 5.02 Å². The molecule has 3 N–H and O–H groups in total. The predicted molar refractivity (Wildman–Crippen MR) is 72.6 cm³/mol. The highest BCUT2D eigenvalue weighted by molar-refractivity contribution is 6.33. The SMILES string of the molecule is COc1ccc(C(CN)CC(C)O)c(Cl)c1OC. The summed E-state index contributed by atoms with van der Waals surface area (Å²) in [5.74, 6) is 1.08. The third-order valence-electron chi connectivity index (χ3n) is 2.86. The summed E-state index contributed by atoms with van der Waals surface area (Å²) in [4.78, 5) is 0. The molecule has 2 atom stereocenters. The quantitative estimate of drug-likeness (QED) is 0.834. The lowest BCUT2D eigenvalue weighted by Crippen LogP contribution is -2.18. The van der Waals surface area contributed by atoms with E-state index in [0.717, 1.165) is 5.56 Å². The van der Waals surface area contributed by atoms with E-state index in [1.165, 1.54) is 0 Å². The van der Waals surface area contributed by atoms with Crippen molar-refractivity contribution in [2.24, 2.45) is 5.73 Å². The predicted octanol–water partition coefficient (Wildman–Crippen LogP) is 2.17. The van der Waals surface area contributed by atoms with Crippen molar-refractivity contribution in [1.82, 2.24) is 0 Å². The smallest absolute Gasteiger partial charge is 0.179 e. The fourth-order valence-electron chi connectivity index (χ4n) is 1.98. The molecule has 0 aliphatic heterocycles. The van der Waals surface area contributed by atoms with E-state index in [0.29, 0.717) is 29.5 Å². The highest BCUT2D eigenvalue weighted by Crippen LogP contribution is 2.40. The summed E-state index contributed by atoms with van der Waals surface area (Å²) in [6.45, 7) is 2.15. The molecule has 1 aromatic carbocycles. The molecular weight excluding hydrogens is 254 g/mol. The minimum absolute atomic E-state index is 0.00249. The number of hydrogen-bond donors (Lipinski definition) is 2. The van der Waals surface area contributed by atoms with E-state index in [-0.39, 0.29) is 5.92 Å². The topological polar surface area (TPSA) is 64.7 Å². The van der Waals surface area contributed by atoms with Crippen LogP contribution in [0.3, 0.4) is 0 Å². The fourth-order valence-corrected chi connectivity index (χ4v) is 2.37. The largest absolute Gasteiger partial charge is 0.493 e. The Kier molecular flexibility index (Phi) is 5.72. The molecule has 0 aromatic heterocycles. The summed E-state index contributed by atoms with van der Waals surface area (Å²) >= 11 is 6.31. The number of rotatable bonds is 6. The summed E-state index contributed by atoms with van der Waals surface area (Å²) < 4.78 is 10.4. The van der Waals surface area contributed by atoms with Crippen LogP contribution in [0.1, 0.15) is 24.8 Å². The molecule has 0 aliphatic rings. The molecule has 18 heavy (non-hydrogen) atoms. The average molecular weight is 274 g/mol. The molecule has 102 valence electrons. The second-order valence-corrected chi connectivity index (χ2v) is 4.60. The number of benzene rings is 1. The Morgan fingerprint density at radius 2 is 2.00 bits per heavy atom. The number of ether oxygens (including phenoxy) is 2. The zero-order chi connectivity index (χ0) is 13.7. The van der Waals surface area contributed by atoms with Gasteiger partial charge in [-0.05, 0) is 31.5 Å². The van der Waals surface area contributed by atoms with Gasteiger partial charge in [0.1, 0.15) is 0 Å². The number of aliphatic hydroxyl groups excluding tert-OH is 1. The molecular formula is C13H20ClNO3. The van der Waals surface area contributed by atoms with E-state index in [1.54, 1.807) is 27.2 Å². The van der Waals surface area contributed by atoms with Crippen molar-refractivity contribution in [3.05, 3.63) is 22.7 Å². The van der Waals surface area contributed by atoms with E-state index in [9.17, 15) is 5.11 Å². The third kappa shape index (κ3) is 3.28. The molecule has 1 rings (SSSR count). The van der Waals surface area contributed by atoms with Crippen molar-refractivity contribution in [3.8, 4) is 11.5 Å². The fraction of sp³-hybridized carbons (Fsp3) is 0.538. The second-order valence-electron chi connectivity index (χ2n) is 4.22. The van der Waals surface area contributed by atoms with Gasteiger partial charge in [-0.2, -0.15) is 0 Å². The van der Waals surface area contributed by atoms with Crippen LogP contribution in [0.25, 0.3) is 0 Å². The molecule has 0 heterocycles. The molecule has 2 unspecified atom stereocenters. The van der Waals surface area contributed by atoms with E-state index in [1.807, 2.05) is 6.07 Å². The van der Waals surface area contributed by atoms with Gasteiger partial charge in [-0.25, -0.2) is 0 Å². The number of nitrogens with two attached hydrogens (primary N) is 1. The maximum absolute atomic E-state index is 9.48. The van der Waals surface area contributed by atoms with Crippen molar-refractivity contribution < 1.29 is 14.6 Å². The van der Waals surface area contributed by atoms with Crippen molar-refractivity contribution in [2.45, 2.75) is 25.4 Å². The Balaban J connectivity index is 3.16. The highest BCUT2D eigenvalue weighted by atomic mass is 35.5. The zero-order valence-electron chi connectivity index (χ0n) is 10.9. The van der Waals surface area contributed by atoms with Crippen molar-refractivity contribution in [2.75, 3.05) is 20.8 Å². The Bertz CT molecular complexity index is 396. The van der Waals surface area contributed by atoms with Gasteiger partial charge in [0.25, 0.3) is 0 Å². The van der Waals surface area contributed by atoms with E-state index < -0.39 is 6.10 Å². The van der Waals surface area contributed by atoms with Gasteiger partial charge in [0.2, 0.25) is 0 Å². The minimum Gasteiger partial charge on any atom is -0.493 e. The highest BCUT2D eigenvalue weighted by Gasteiger charge is 2.20. The molecule has 0 saturated heterocycles. The Morgan fingerprint density at radius 3 is 2.44 bits per heavy atom. The Morgan fingerprint density at radius 1 is 1.33 bits per heavy atom. The first-order chi connectivity index (χ1) is 8.54. The van der Waals surface area contributed by atoms with Crippen molar-refractivity contribution in [3.63, 3.8) is 0 Å². The lowest BCUT2D eigenvalue weighted by Gasteiger charge is -2.20. The first-order valence-corrected chi connectivity index (χ1v) is 6.21. The molecule has 0 radical (unpaired) electrons. The molecule has 4 nitrogen and oxygen atoms in total. The Labute approximate surface area is 113 Å². The van der Waals surface area contributed by atoms with Gasteiger partial charge in [-0.3, -0.25) is 0 Å². The average Bonchev–Trinajstić information content (AvgIpc) is 2.35. The summed E-state index contributed by atoms with van der Waals surface area (Å²) in [5, 5.41) is 9.97. The zero-order valence-corrected chi connectivity index (χ0v) is 11.7. The molecule has 0 saturated carbocycles. The maximum Gasteiger partial charge on any atom is 0.179 e. The van der Waals surface area contributed by atoms with Gasteiger partial charge < -0.3 is 20.3 Å². The molecule has 5 heteroatoms. The first-order valence-electron chi connectivity index (χ1n) is 5.83. The molecule has 0 aliphatic carbocycles. The van der Waals surface area contributed by atoms with Gasteiger partial charge in [-0.1, -0.05) is 17.7 Å². The van der Waals surface area contributed by atoms with Gasteiger partial charge >= 0.3 is 0 Å². The summed E-state index contributed by atoms with van der Waals surface area (Å²) in [7, 11) is 3.10. The van der Waals surface area contributed by atoms with Gasteiger partial charge in [-0.15, -0.1) is 0 Å². The van der Waals surface area contributed by atoms with E-state index in [2.05, 4.69) is 0 Å². The normalized spacial score (nSPS) is 14.1. The summed E-state index contributed by atoms with van der Waals surface area (Å²) in [5.41, 5.74) is 6.62. The third-order valence-corrected chi connectivity index (χ3v) is 3.25. The Hall–Kier alpha value is -0.970.